The number of allylic oxidation sites excluding steroid dienone is 1. The van der Waals surface area contributed by atoms with Crippen molar-refractivity contribution in [2.24, 2.45) is 11.7 Å². The van der Waals surface area contributed by atoms with Crippen LogP contribution >= 0.6 is 0 Å². The van der Waals surface area contributed by atoms with Gasteiger partial charge in [0.05, 0.1) is 0 Å². The Morgan fingerprint density at radius 1 is 1.21 bits per heavy atom. The van der Waals surface area contributed by atoms with Gasteiger partial charge in [0.2, 0.25) is 0 Å². The summed E-state index contributed by atoms with van der Waals surface area (Å²) in [4.78, 5) is 2.23. The fourth-order valence-corrected chi connectivity index (χ4v) is 3.98. The lowest BCUT2D eigenvalue weighted by atomic mass is 9.85. The molecule has 130 valence electrons. The van der Waals surface area contributed by atoms with E-state index < -0.39 is 0 Å². The van der Waals surface area contributed by atoms with Gasteiger partial charge in [0, 0.05) is 36.7 Å². The van der Waals surface area contributed by atoms with Crippen LogP contribution in [0.15, 0.2) is 48.3 Å². The van der Waals surface area contributed by atoms with Gasteiger partial charge in [-0.1, -0.05) is 56.4 Å². The van der Waals surface area contributed by atoms with Crippen molar-refractivity contribution in [1.29, 1.82) is 0 Å². The van der Waals surface area contributed by atoms with Gasteiger partial charge in [0.1, 0.15) is 0 Å². The predicted octanol–water partition coefficient (Wildman–Crippen LogP) is 4.31. The van der Waals surface area contributed by atoms with E-state index in [0.717, 1.165) is 24.7 Å². The van der Waals surface area contributed by atoms with Crippen molar-refractivity contribution in [3.63, 3.8) is 0 Å². The molecule has 24 heavy (non-hydrogen) atoms. The van der Waals surface area contributed by atoms with Gasteiger partial charge < -0.3 is 16.0 Å². The van der Waals surface area contributed by atoms with E-state index in [2.05, 4.69) is 47.5 Å². The van der Waals surface area contributed by atoms with Crippen LogP contribution < -0.4 is 16.0 Å². The summed E-state index contributed by atoms with van der Waals surface area (Å²) < 4.78 is 0. The van der Waals surface area contributed by atoms with Crippen molar-refractivity contribution in [2.75, 3.05) is 11.4 Å². The zero-order chi connectivity index (χ0) is 16.8. The maximum absolute atomic E-state index is 5.96. The number of hydrogen-bond donors (Lipinski definition) is 2. The van der Waals surface area contributed by atoms with E-state index in [0.29, 0.717) is 6.04 Å². The van der Waals surface area contributed by atoms with Gasteiger partial charge in [-0.15, -0.1) is 0 Å². The number of benzene rings is 1. The maximum atomic E-state index is 5.96. The fourth-order valence-electron chi connectivity index (χ4n) is 3.98. The lowest BCUT2D eigenvalue weighted by Crippen LogP contribution is -2.30. The largest absolute Gasteiger partial charge is 0.398 e. The number of hydrogen-bond acceptors (Lipinski definition) is 3. The number of anilines is 1. The van der Waals surface area contributed by atoms with Crippen LogP contribution in [-0.2, 0) is 6.54 Å². The van der Waals surface area contributed by atoms with E-state index in [1.54, 1.807) is 0 Å². The molecule has 1 aromatic carbocycles. The van der Waals surface area contributed by atoms with Crippen molar-refractivity contribution in [3.8, 4) is 0 Å². The van der Waals surface area contributed by atoms with Crippen LogP contribution in [0.3, 0.4) is 0 Å². The molecule has 0 bridgehead atoms. The zero-order valence-corrected chi connectivity index (χ0v) is 14.9. The molecule has 1 saturated carbocycles. The van der Waals surface area contributed by atoms with Gasteiger partial charge in [-0.05, 0) is 37.0 Å². The monoisotopic (exact) mass is 325 g/mol. The first-order chi connectivity index (χ1) is 11.7. The molecule has 0 spiro atoms. The highest BCUT2D eigenvalue weighted by Crippen LogP contribution is 2.28. The van der Waals surface area contributed by atoms with Crippen LogP contribution in [-0.4, -0.2) is 12.6 Å². The van der Waals surface area contributed by atoms with Crippen molar-refractivity contribution >= 4 is 5.69 Å². The van der Waals surface area contributed by atoms with E-state index in [4.69, 9.17) is 5.73 Å². The second kappa shape index (κ2) is 8.39. The molecule has 1 heterocycles. The molecule has 1 fully saturated rings. The Morgan fingerprint density at radius 3 is 2.79 bits per heavy atom. The molecule has 1 unspecified atom stereocenters. The minimum atomic E-state index is 0.572. The predicted molar refractivity (Wildman–Crippen MR) is 103 cm³/mol. The van der Waals surface area contributed by atoms with Crippen molar-refractivity contribution < 1.29 is 0 Å². The molecule has 3 rings (SSSR count). The normalized spacial score (nSPS) is 20.0. The quantitative estimate of drug-likeness (QED) is 0.819. The van der Waals surface area contributed by atoms with Crippen LogP contribution in [0.1, 0.15) is 51.0 Å². The standard InChI is InChI=1S/C21H31N3/c1-17(14-18-8-3-2-4-9-18)23-15-19-10-5-6-12-21(19)24-13-7-11-20(22)16-24/h5-7,10-12,16-18,23H,2-4,8-9,13-15,22H2,1H3. The second-order valence-corrected chi connectivity index (χ2v) is 7.33. The molecular formula is C21H31N3. The minimum Gasteiger partial charge on any atom is -0.398 e. The van der Waals surface area contributed by atoms with E-state index in [9.17, 15) is 0 Å². The van der Waals surface area contributed by atoms with Gasteiger partial charge >= 0.3 is 0 Å². The summed E-state index contributed by atoms with van der Waals surface area (Å²) in [6.45, 7) is 4.13. The summed E-state index contributed by atoms with van der Waals surface area (Å²) in [6.07, 6.45) is 14.6. The highest BCUT2D eigenvalue weighted by atomic mass is 15.1. The van der Waals surface area contributed by atoms with Crippen LogP contribution in [0, 0.1) is 5.92 Å². The molecule has 1 aliphatic carbocycles. The first-order valence-electron chi connectivity index (χ1n) is 9.44. The summed E-state index contributed by atoms with van der Waals surface area (Å²) in [6, 6.07) is 9.21. The Bertz CT molecular complexity index is 585. The smallest absolute Gasteiger partial charge is 0.0476 e. The molecule has 3 heteroatoms. The molecule has 2 aliphatic rings. The third kappa shape index (κ3) is 4.64. The number of nitrogens with two attached hydrogens (primary N) is 1. The Morgan fingerprint density at radius 2 is 2.00 bits per heavy atom. The molecule has 0 aromatic heterocycles. The van der Waals surface area contributed by atoms with Crippen molar-refractivity contribution in [2.45, 2.75) is 58.0 Å². The molecule has 3 nitrogen and oxygen atoms in total. The molecule has 1 aliphatic heterocycles. The lowest BCUT2D eigenvalue weighted by Gasteiger charge is -2.27. The first kappa shape index (κ1) is 17.1. The van der Waals surface area contributed by atoms with Gasteiger partial charge in [-0.25, -0.2) is 0 Å². The molecule has 0 radical (unpaired) electrons. The molecule has 0 saturated heterocycles. The Labute approximate surface area is 146 Å². The number of nitrogens with zero attached hydrogens (tertiary/aromatic N) is 1. The van der Waals surface area contributed by atoms with E-state index in [-0.39, 0.29) is 0 Å². The van der Waals surface area contributed by atoms with Gasteiger partial charge in [-0.3, -0.25) is 0 Å². The summed E-state index contributed by atoms with van der Waals surface area (Å²) in [5.74, 6) is 0.923. The zero-order valence-electron chi connectivity index (χ0n) is 14.9. The summed E-state index contributed by atoms with van der Waals surface area (Å²) in [5.41, 5.74) is 9.36. The third-order valence-electron chi connectivity index (χ3n) is 5.27. The van der Waals surface area contributed by atoms with E-state index in [1.807, 2.05) is 12.3 Å². The van der Waals surface area contributed by atoms with Crippen molar-refractivity contribution in [3.05, 3.63) is 53.9 Å². The van der Waals surface area contributed by atoms with E-state index >= 15 is 0 Å². The van der Waals surface area contributed by atoms with Gasteiger partial charge in [0.15, 0.2) is 0 Å². The number of para-hydroxylation sites is 1. The van der Waals surface area contributed by atoms with Crippen LogP contribution in [0.25, 0.3) is 0 Å². The summed E-state index contributed by atoms with van der Waals surface area (Å²) in [7, 11) is 0. The average molecular weight is 326 g/mol. The molecule has 1 atom stereocenters. The minimum absolute atomic E-state index is 0.572. The van der Waals surface area contributed by atoms with Gasteiger partial charge in [-0.2, -0.15) is 0 Å². The number of nitrogens with one attached hydrogen (secondary N) is 1. The topological polar surface area (TPSA) is 41.3 Å². The highest BCUT2D eigenvalue weighted by Gasteiger charge is 2.17. The Kier molecular flexibility index (Phi) is 5.97. The Hall–Kier alpha value is -1.74. The van der Waals surface area contributed by atoms with E-state index in [1.165, 1.54) is 49.8 Å². The average Bonchev–Trinajstić information content (AvgIpc) is 2.61. The van der Waals surface area contributed by atoms with Crippen LogP contribution in [0.4, 0.5) is 5.69 Å². The fraction of sp³-hybridized carbons (Fsp3) is 0.524. The lowest BCUT2D eigenvalue weighted by molar-refractivity contribution is 0.304. The van der Waals surface area contributed by atoms with Crippen LogP contribution in [0.5, 0.6) is 0 Å². The first-order valence-corrected chi connectivity index (χ1v) is 9.44. The maximum Gasteiger partial charge on any atom is 0.0476 e. The summed E-state index contributed by atoms with van der Waals surface area (Å²) >= 11 is 0. The molecular weight excluding hydrogens is 294 g/mol. The van der Waals surface area contributed by atoms with Crippen LogP contribution in [0.2, 0.25) is 0 Å². The Balaban J connectivity index is 1.58. The van der Waals surface area contributed by atoms with Crippen molar-refractivity contribution in [1.82, 2.24) is 5.32 Å². The molecule has 3 N–H and O–H groups in total. The SMILES string of the molecule is CC(CC1CCCCC1)NCc1ccccc1N1C=C(N)C=CC1. The summed E-state index contributed by atoms with van der Waals surface area (Å²) in [5, 5.41) is 3.74. The highest BCUT2D eigenvalue weighted by molar-refractivity contribution is 5.58. The molecule has 1 aromatic rings. The number of rotatable bonds is 6. The second-order valence-electron chi connectivity index (χ2n) is 7.33. The third-order valence-corrected chi connectivity index (χ3v) is 5.27. The van der Waals surface area contributed by atoms with Gasteiger partial charge in [0.25, 0.3) is 0 Å². The molecule has 0 amide bonds.